The lowest BCUT2D eigenvalue weighted by Gasteiger charge is -2.24. The van der Waals surface area contributed by atoms with Crippen molar-refractivity contribution in [2.45, 2.75) is 37.7 Å². The molecule has 78 valence electrons. The van der Waals surface area contributed by atoms with Crippen LogP contribution in [0, 0.1) is 0 Å². The third-order valence-corrected chi connectivity index (χ3v) is 2.43. The summed E-state index contributed by atoms with van der Waals surface area (Å²) in [6.07, 6.45) is 4.53. The van der Waals surface area contributed by atoms with Crippen LogP contribution in [0.3, 0.4) is 0 Å². The smallest absolute Gasteiger partial charge is 0.318 e. The van der Waals surface area contributed by atoms with Crippen LogP contribution in [0.1, 0.15) is 32.1 Å². The molecule has 1 aliphatic rings. The summed E-state index contributed by atoms with van der Waals surface area (Å²) in [5, 5.41) is 8.39. The molecular formula is C10H14O4. The lowest BCUT2D eigenvalue weighted by Crippen LogP contribution is -2.30. The molecule has 0 aromatic heterocycles. The van der Waals surface area contributed by atoms with Gasteiger partial charge in [-0.15, -0.1) is 0 Å². The summed E-state index contributed by atoms with van der Waals surface area (Å²) in [5.74, 6) is -1.84. The summed E-state index contributed by atoms with van der Waals surface area (Å²) in [5.41, 5.74) is -0.605. The van der Waals surface area contributed by atoms with Crippen LogP contribution in [0.4, 0.5) is 0 Å². The van der Waals surface area contributed by atoms with Crippen LogP contribution in [0.5, 0.6) is 0 Å². The van der Waals surface area contributed by atoms with Crippen molar-refractivity contribution >= 4 is 11.9 Å². The lowest BCUT2D eigenvalue weighted by molar-refractivity contribution is -0.159. The molecule has 4 nitrogen and oxygen atoms in total. The van der Waals surface area contributed by atoms with Crippen LogP contribution < -0.4 is 0 Å². The lowest BCUT2D eigenvalue weighted by atomic mass is 10.0. The molecule has 0 aromatic carbocycles. The first kappa shape index (κ1) is 10.8. The number of carboxylic acids is 1. The van der Waals surface area contributed by atoms with Gasteiger partial charge in [0.1, 0.15) is 12.0 Å². The van der Waals surface area contributed by atoms with E-state index in [0.717, 1.165) is 25.7 Å². The molecule has 1 N–H and O–H groups in total. The quantitative estimate of drug-likeness (QED) is 0.422. The van der Waals surface area contributed by atoms with E-state index in [0.29, 0.717) is 0 Å². The van der Waals surface area contributed by atoms with Gasteiger partial charge in [0.05, 0.1) is 0 Å². The van der Waals surface area contributed by atoms with Gasteiger partial charge in [-0.2, -0.15) is 0 Å². The predicted octanol–water partition coefficient (Wildman–Crippen LogP) is 1.50. The van der Waals surface area contributed by atoms with Gasteiger partial charge in [0.2, 0.25) is 0 Å². The number of carbonyl (C=O) groups excluding carboxylic acids is 1. The molecule has 0 aromatic rings. The van der Waals surface area contributed by atoms with Crippen LogP contribution in [0.25, 0.3) is 0 Å². The number of aliphatic carboxylic acids is 1. The Labute approximate surface area is 82.6 Å². The van der Waals surface area contributed by atoms with E-state index >= 15 is 0 Å². The molecule has 0 atom stereocenters. The maximum Gasteiger partial charge on any atom is 0.318 e. The third kappa shape index (κ3) is 2.58. The molecule has 1 saturated carbocycles. The van der Waals surface area contributed by atoms with Crippen LogP contribution in [0.15, 0.2) is 12.7 Å². The summed E-state index contributed by atoms with van der Waals surface area (Å²) < 4.78 is 5.12. The third-order valence-electron chi connectivity index (χ3n) is 2.43. The van der Waals surface area contributed by atoms with Gasteiger partial charge < -0.3 is 9.84 Å². The van der Waals surface area contributed by atoms with Gasteiger partial charge in [-0.1, -0.05) is 6.58 Å². The second kappa shape index (κ2) is 4.26. The zero-order valence-electron chi connectivity index (χ0n) is 7.99. The Morgan fingerprint density at radius 1 is 1.43 bits per heavy atom. The monoisotopic (exact) mass is 198 g/mol. The van der Waals surface area contributed by atoms with Crippen molar-refractivity contribution in [3.63, 3.8) is 0 Å². The fourth-order valence-corrected chi connectivity index (χ4v) is 1.71. The van der Waals surface area contributed by atoms with Crippen molar-refractivity contribution in [2.75, 3.05) is 0 Å². The van der Waals surface area contributed by atoms with E-state index in [1.54, 1.807) is 6.08 Å². The Bertz CT molecular complexity index is 251. The number of hydrogen-bond donors (Lipinski definition) is 1. The maximum atomic E-state index is 11.1. The minimum atomic E-state index is -1.16. The van der Waals surface area contributed by atoms with Gasteiger partial charge in [-0.25, -0.2) is 0 Å². The minimum Gasteiger partial charge on any atom is -0.481 e. The number of carbonyl (C=O) groups is 2. The molecule has 0 radical (unpaired) electrons. The Morgan fingerprint density at radius 2 is 2.00 bits per heavy atom. The summed E-state index contributed by atoms with van der Waals surface area (Å²) in [4.78, 5) is 21.4. The molecular weight excluding hydrogens is 184 g/mol. The number of ether oxygens (including phenoxy) is 1. The second-order valence-corrected chi connectivity index (χ2v) is 3.52. The molecule has 0 saturated heterocycles. The highest BCUT2D eigenvalue weighted by Gasteiger charge is 2.34. The van der Waals surface area contributed by atoms with Crippen LogP contribution in [0.2, 0.25) is 0 Å². The largest absolute Gasteiger partial charge is 0.481 e. The number of hydrogen-bond acceptors (Lipinski definition) is 3. The van der Waals surface area contributed by atoms with Crippen molar-refractivity contribution in [3.05, 3.63) is 12.7 Å². The van der Waals surface area contributed by atoms with Crippen LogP contribution >= 0.6 is 0 Å². The van der Waals surface area contributed by atoms with E-state index < -0.39 is 24.0 Å². The van der Waals surface area contributed by atoms with Gasteiger partial charge in [0.15, 0.2) is 0 Å². The van der Waals surface area contributed by atoms with Crippen LogP contribution in [-0.2, 0) is 14.3 Å². The summed E-state index contributed by atoms with van der Waals surface area (Å²) in [6, 6.07) is 0. The van der Waals surface area contributed by atoms with Crippen LogP contribution in [-0.4, -0.2) is 22.6 Å². The summed E-state index contributed by atoms with van der Waals surface area (Å²) in [6.45, 7) is 3.62. The molecule has 1 rings (SSSR count). The van der Waals surface area contributed by atoms with E-state index in [2.05, 4.69) is 6.58 Å². The van der Waals surface area contributed by atoms with Gasteiger partial charge in [-0.05, 0) is 31.8 Å². The van der Waals surface area contributed by atoms with Gasteiger partial charge in [0, 0.05) is 0 Å². The Balaban J connectivity index is 2.52. The highest BCUT2D eigenvalue weighted by Crippen LogP contribution is 2.34. The first-order valence-corrected chi connectivity index (χ1v) is 4.65. The summed E-state index contributed by atoms with van der Waals surface area (Å²) >= 11 is 0. The number of rotatable bonds is 4. The molecule has 0 heterocycles. The van der Waals surface area contributed by atoms with Crippen molar-refractivity contribution in [1.82, 2.24) is 0 Å². The zero-order chi connectivity index (χ0) is 10.6. The molecule has 1 fully saturated rings. The molecule has 0 aliphatic heterocycles. The SMILES string of the molecule is C=CC1(OC(=O)CC(=O)O)CCCC1. The minimum absolute atomic E-state index is 0.574. The van der Waals surface area contributed by atoms with Crippen molar-refractivity contribution in [1.29, 1.82) is 0 Å². The highest BCUT2D eigenvalue weighted by molar-refractivity contribution is 5.90. The average Bonchev–Trinajstić information content (AvgIpc) is 2.52. The standard InChI is InChI=1S/C10H14O4/c1-2-10(5-3-4-6-10)14-9(13)7-8(11)12/h2H,1,3-7H2,(H,11,12). The second-order valence-electron chi connectivity index (χ2n) is 3.52. The molecule has 14 heavy (non-hydrogen) atoms. The topological polar surface area (TPSA) is 63.6 Å². The van der Waals surface area contributed by atoms with E-state index in [4.69, 9.17) is 9.84 Å². The zero-order valence-corrected chi connectivity index (χ0v) is 7.99. The average molecular weight is 198 g/mol. The molecule has 0 amide bonds. The molecule has 1 aliphatic carbocycles. The Kier molecular flexibility index (Phi) is 3.28. The summed E-state index contributed by atoms with van der Waals surface area (Å²) in [7, 11) is 0. The van der Waals surface area contributed by atoms with E-state index in [1.165, 1.54) is 0 Å². The molecule has 0 bridgehead atoms. The fraction of sp³-hybridized carbons (Fsp3) is 0.600. The fourth-order valence-electron chi connectivity index (χ4n) is 1.71. The van der Waals surface area contributed by atoms with Gasteiger partial charge >= 0.3 is 11.9 Å². The first-order chi connectivity index (χ1) is 6.58. The van der Waals surface area contributed by atoms with Gasteiger partial charge in [0.25, 0.3) is 0 Å². The van der Waals surface area contributed by atoms with Crippen molar-refractivity contribution in [2.24, 2.45) is 0 Å². The predicted molar refractivity (Wildman–Crippen MR) is 49.7 cm³/mol. The molecule has 0 spiro atoms. The van der Waals surface area contributed by atoms with E-state index in [9.17, 15) is 9.59 Å². The Morgan fingerprint density at radius 3 is 2.43 bits per heavy atom. The van der Waals surface area contributed by atoms with E-state index in [1.807, 2.05) is 0 Å². The maximum absolute atomic E-state index is 11.1. The van der Waals surface area contributed by atoms with Crippen molar-refractivity contribution < 1.29 is 19.4 Å². The number of carboxylic acid groups (broad SMARTS) is 1. The van der Waals surface area contributed by atoms with Gasteiger partial charge in [-0.3, -0.25) is 9.59 Å². The Hall–Kier alpha value is -1.32. The number of esters is 1. The molecule has 4 heteroatoms. The molecule has 0 unspecified atom stereocenters. The van der Waals surface area contributed by atoms with Crippen molar-refractivity contribution in [3.8, 4) is 0 Å². The normalized spacial score (nSPS) is 18.9. The first-order valence-electron chi connectivity index (χ1n) is 4.65. The highest BCUT2D eigenvalue weighted by atomic mass is 16.6. The van der Waals surface area contributed by atoms with E-state index in [-0.39, 0.29) is 0 Å².